The summed E-state index contributed by atoms with van der Waals surface area (Å²) in [5, 5.41) is 0. The molecule has 1 aliphatic rings. The van der Waals surface area contributed by atoms with Gasteiger partial charge in [-0.05, 0) is 37.0 Å². The number of nitrogens with zero attached hydrogens (tertiary/aromatic N) is 1. The second kappa shape index (κ2) is 5.57. The number of carbonyl (C=O) groups excluding carboxylic acids is 1. The van der Waals surface area contributed by atoms with E-state index in [1.54, 1.807) is 19.1 Å². The number of rotatable bonds is 1. The molecule has 2 N–H and O–H groups in total. The molecule has 2 rings (SSSR count). The molecule has 2 unspecified atom stereocenters. The van der Waals surface area contributed by atoms with Crippen LogP contribution in [0.3, 0.4) is 0 Å². The van der Waals surface area contributed by atoms with Gasteiger partial charge in [-0.3, -0.25) is 4.90 Å². The molecule has 4 nitrogen and oxygen atoms in total. The van der Waals surface area contributed by atoms with E-state index in [1.165, 1.54) is 18.1 Å². The van der Waals surface area contributed by atoms with Gasteiger partial charge in [0.05, 0.1) is 13.3 Å². The molecule has 1 amide bonds. The van der Waals surface area contributed by atoms with E-state index in [9.17, 15) is 9.18 Å². The number of aryl methyl sites for hydroxylation is 1. The summed E-state index contributed by atoms with van der Waals surface area (Å²) in [7, 11) is 1.35. The second-order valence-electron chi connectivity index (χ2n) is 4.91. The summed E-state index contributed by atoms with van der Waals surface area (Å²) in [4.78, 5) is 13.2. The number of nitrogens with two attached hydrogens (primary N) is 1. The Bertz CT molecular complexity index is 479. The lowest BCUT2D eigenvalue weighted by Crippen LogP contribution is -2.52. The summed E-state index contributed by atoms with van der Waals surface area (Å²) in [5.74, 6) is -0.204. The minimum Gasteiger partial charge on any atom is -0.453 e. The Hall–Kier alpha value is -1.62. The van der Waals surface area contributed by atoms with Crippen LogP contribution in [0.15, 0.2) is 18.2 Å². The highest BCUT2D eigenvalue weighted by Crippen LogP contribution is 2.31. The molecular formula is C14H19FN2O2. The van der Waals surface area contributed by atoms with Crippen LogP contribution in [0.5, 0.6) is 0 Å². The molecule has 0 bridgehead atoms. The highest BCUT2D eigenvalue weighted by atomic mass is 19.1. The van der Waals surface area contributed by atoms with Gasteiger partial charge in [0.1, 0.15) is 5.82 Å². The van der Waals surface area contributed by atoms with E-state index >= 15 is 0 Å². The number of piperidine rings is 1. The number of halogens is 1. The van der Waals surface area contributed by atoms with Gasteiger partial charge in [-0.15, -0.1) is 0 Å². The molecule has 1 aromatic rings. The summed E-state index contributed by atoms with van der Waals surface area (Å²) in [6.07, 6.45) is 0.922. The van der Waals surface area contributed by atoms with Crippen LogP contribution in [0.1, 0.15) is 29.9 Å². The van der Waals surface area contributed by atoms with Gasteiger partial charge in [-0.25, -0.2) is 9.18 Å². The number of carbonyl (C=O) groups is 1. The van der Waals surface area contributed by atoms with E-state index in [0.29, 0.717) is 12.1 Å². The third-order valence-electron chi connectivity index (χ3n) is 3.71. The van der Waals surface area contributed by atoms with Gasteiger partial charge >= 0.3 is 6.09 Å². The highest BCUT2D eigenvalue weighted by molar-refractivity contribution is 5.68. The van der Waals surface area contributed by atoms with Crippen molar-refractivity contribution < 1.29 is 13.9 Å². The summed E-state index contributed by atoms with van der Waals surface area (Å²) < 4.78 is 18.0. The molecule has 104 valence electrons. The number of hydrogen-bond donors (Lipinski definition) is 1. The van der Waals surface area contributed by atoms with E-state index in [1.807, 2.05) is 0 Å². The fourth-order valence-electron chi connectivity index (χ4n) is 2.61. The molecule has 1 fully saturated rings. The number of hydrogen-bond acceptors (Lipinski definition) is 3. The average molecular weight is 266 g/mol. The molecule has 2 atom stereocenters. The minimum absolute atomic E-state index is 0.0205. The minimum atomic E-state index is -0.425. The van der Waals surface area contributed by atoms with Gasteiger partial charge in [-0.2, -0.15) is 0 Å². The Kier molecular flexibility index (Phi) is 4.04. The van der Waals surface area contributed by atoms with Gasteiger partial charge < -0.3 is 10.5 Å². The fraction of sp³-hybridized carbons (Fsp3) is 0.500. The SMILES string of the molecule is COC(=O)N1CCCC(c2ccc(F)c(C)c2)C1N. The Morgan fingerprint density at radius 1 is 1.53 bits per heavy atom. The van der Waals surface area contributed by atoms with Crippen LogP contribution in [0.25, 0.3) is 0 Å². The second-order valence-corrected chi connectivity index (χ2v) is 4.91. The largest absolute Gasteiger partial charge is 0.453 e. The van der Waals surface area contributed by atoms with Crippen LogP contribution in [0, 0.1) is 12.7 Å². The molecule has 0 aliphatic carbocycles. The van der Waals surface area contributed by atoms with Gasteiger partial charge in [0.25, 0.3) is 0 Å². The zero-order valence-corrected chi connectivity index (χ0v) is 11.2. The maximum Gasteiger partial charge on any atom is 0.410 e. The van der Waals surface area contributed by atoms with E-state index < -0.39 is 12.3 Å². The van der Waals surface area contributed by atoms with E-state index in [-0.39, 0.29) is 11.7 Å². The van der Waals surface area contributed by atoms with Gasteiger partial charge in [0, 0.05) is 12.5 Å². The smallest absolute Gasteiger partial charge is 0.410 e. The molecule has 19 heavy (non-hydrogen) atoms. The van der Waals surface area contributed by atoms with Crippen molar-refractivity contribution in [1.29, 1.82) is 0 Å². The summed E-state index contributed by atoms with van der Waals surface area (Å²) in [5.41, 5.74) is 7.72. The first-order valence-electron chi connectivity index (χ1n) is 6.41. The van der Waals surface area contributed by atoms with E-state index in [4.69, 9.17) is 10.5 Å². The number of likely N-dealkylation sites (tertiary alicyclic amines) is 1. The predicted octanol–water partition coefficient (Wildman–Crippen LogP) is 2.36. The van der Waals surface area contributed by atoms with Crippen LogP contribution in [-0.2, 0) is 4.74 Å². The number of ether oxygens (including phenoxy) is 1. The molecule has 5 heteroatoms. The van der Waals surface area contributed by atoms with Crippen molar-refractivity contribution in [2.75, 3.05) is 13.7 Å². The average Bonchev–Trinajstić information content (AvgIpc) is 2.41. The Morgan fingerprint density at radius 3 is 2.89 bits per heavy atom. The number of benzene rings is 1. The van der Waals surface area contributed by atoms with Gasteiger partial charge in [0.15, 0.2) is 0 Å². The van der Waals surface area contributed by atoms with Crippen LogP contribution in [-0.4, -0.2) is 30.8 Å². The van der Waals surface area contributed by atoms with Crippen molar-refractivity contribution in [1.82, 2.24) is 4.90 Å². The Balaban J connectivity index is 2.23. The molecule has 0 radical (unpaired) electrons. The third kappa shape index (κ3) is 2.71. The zero-order valence-electron chi connectivity index (χ0n) is 11.2. The van der Waals surface area contributed by atoms with Crippen LogP contribution >= 0.6 is 0 Å². The van der Waals surface area contributed by atoms with Crippen molar-refractivity contribution in [2.45, 2.75) is 31.8 Å². The van der Waals surface area contributed by atoms with Crippen molar-refractivity contribution in [3.63, 3.8) is 0 Å². The lowest BCUT2D eigenvalue weighted by molar-refractivity contribution is 0.0831. The fourth-order valence-corrected chi connectivity index (χ4v) is 2.61. The molecule has 1 aliphatic heterocycles. The van der Waals surface area contributed by atoms with E-state index in [0.717, 1.165) is 18.4 Å². The predicted molar refractivity (Wildman–Crippen MR) is 70.2 cm³/mol. The molecule has 1 saturated heterocycles. The normalized spacial score (nSPS) is 23.3. The molecule has 0 saturated carbocycles. The standard InChI is InChI=1S/C14H19FN2O2/c1-9-8-10(5-6-12(9)15)11-4-3-7-17(13(11)16)14(18)19-2/h5-6,8,11,13H,3-4,7,16H2,1-2H3. The van der Waals surface area contributed by atoms with Gasteiger partial charge in [0.2, 0.25) is 0 Å². The van der Waals surface area contributed by atoms with Crippen LogP contribution in [0.2, 0.25) is 0 Å². The van der Waals surface area contributed by atoms with Crippen LogP contribution < -0.4 is 5.73 Å². The molecular weight excluding hydrogens is 247 g/mol. The maximum absolute atomic E-state index is 13.3. The number of amides is 1. The number of methoxy groups -OCH3 is 1. The van der Waals surface area contributed by atoms with Crippen molar-refractivity contribution in [2.24, 2.45) is 5.73 Å². The first-order valence-corrected chi connectivity index (χ1v) is 6.41. The zero-order chi connectivity index (χ0) is 14.0. The summed E-state index contributed by atoms with van der Waals surface area (Å²) in [6, 6.07) is 5.00. The molecule has 0 spiro atoms. The topological polar surface area (TPSA) is 55.6 Å². The van der Waals surface area contributed by atoms with Crippen molar-refractivity contribution in [3.05, 3.63) is 35.1 Å². The maximum atomic E-state index is 13.3. The Labute approximate surface area is 112 Å². The molecule has 1 aromatic carbocycles. The Morgan fingerprint density at radius 2 is 2.26 bits per heavy atom. The van der Waals surface area contributed by atoms with Crippen LogP contribution in [0.4, 0.5) is 9.18 Å². The quantitative estimate of drug-likeness (QED) is 0.849. The lowest BCUT2D eigenvalue weighted by Gasteiger charge is -2.38. The summed E-state index contributed by atoms with van der Waals surface area (Å²) >= 11 is 0. The highest BCUT2D eigenvalue weighted by Gasteiger charge is 2.33. The van der Waals surface area contributed by atoms with Crippen molar-refractivity contribution in [3.8, 4) is 0 Å². The van der Waals surface area contributed by atoms with Gasteiger partial charge in [-0.1, -0.05) is 12.1 Å². The first kappa shape index (κ1) is 13.8. The molecule has 0 aromatic heterocycles. The summed E-state index contributed by atoms with van der Waals surface area (Å²) in [6.45, 7) is 2.33. The third-order valence-corrected chi connectivity index (χ3v) is 3.71. The monoisotopic (exact) mass is 266 g/mol. The van der Waals surface area contributed by atoms with E-state index in [2.05, 4.69) is 0 Å². The lowest BCUT2D eigenvalue weighted by atomic mass is 9.87. The first-order chi connectivity index (χ1) is 9.04. The molecule has 1 heterocycles. The van der Waals surface area contributed by atoms with Crippen molar-refractivity contribution >= 4 is 6.09 Å².